The van der Waals surface area contributed by atoms with Gasteiger partial charge in [-0.3, -0.25) is 0 Å². The topological polar surface area (TPSA) is 9.23 Å². The highest BCUT2D eigenvalue weighted by Crippen LogP contribution is 2.12. The van der Waals surface area contributed by atoms with Crippen molar-refractivity contribution in [3.05, 3.63) is 25.3 Å². The molecule has 0 aromatic heterocycles. The number of hydrogen-bond acceptors (Lipinski definition) is 1. The lowest BCUT2D eigenvalue weighted by Gasteiger charge is -2.16. The van der Waals surface area contributed by atoms with Gasteiger partial charge in [-0.2, -0.15) is 0 Å². The predicted octanol–water partition coefficient (Wildman–Crippen LogP) is 4.45. The van der Waals surface area contributed by atoms with Crippen LogP contribution in [0.2, 0.25) is 0 Å². The normalized spacial score (nSPS) is 11.3. The van der Waals surface area contributed by atoms with E-state index in [1.165, 1.54) is 0 Å². The SMILES string of the molecule is C=CC(C)(C)C.C=CCOCC(C)(C)C. The molecule has 15 heavy (non-hydrogen) atoms. The molecule has 0 rings (SSSR count). The van der Waals surface area contributed by atoms with Crippen molar-refractivity contribution in [2.24, 2.45) is 10.8 Å². The molecule has 0 bridgehead atoms. The first-order valence-electron chi connectivity index (χ1n) is 5.44. The Morgan fingerprint density at radius 1 is 1.00 bits per heavy atom. The average Bonchev–Trinajstić information content (AvgIpc) is 2.02. The second-order valence-corrected chi connectivity index (χ2v) is 5.93. The fraction of sp³-hybridized carbons (Fsp3) is 0.714. The van der Waals surface area contributed by atoms with Crippen molar-refractivity contribution in [1.82, 2.24) is 0 Å². The smallest absolute Gasteiger partial charge is 0.0645 e. The maximum absolute atomic E-state index is 5.23. The average molecular weight is 212 g/mol. The van der Waals surface area contributed by atoms with Crippen LogP contribution < -0.4 is 0 Å². The number of rotatable bonds is 3. The van der Waals surface area contributed by atoms with Crippen LogP contribution in [0.5, 0.6) is 0 Å². The van der Waals surface area contributed by atoms with E-state index in [0.29, 0.717) is 12.0 Å². The summed E-state index contributed by atoms with van der Waals surface area (Å²) in [5, 5.41) is 0. The van der Waals surface area contributed by atoms with Crippen molar-refractivity contribution in [2.45, 2.75) is 41.5 Å². The zero-order chi connectivity index (χ0) is 12.5. The molecular weight excluding hydrogens is 184 g/mol. The molecule has 0 atom stereocenters. The van der Waals surface area contributed by atoms with Gasteiger partial charge in [0.1, 0.15) is 0 Å². The monoisotopic (exact) mass is 212 g/mol. The van der Waals surface area contributed by atoms with Crippen molar-refractivity contribution >= 4 is 0 Å². The summed E-state index contributed by atoms with van der Waals surface area (Å²) in [5.74, 6) is 0. The first-order valence-corrected chi connectivity index (χ1v) is 5.44. The van der Waals surface area contributed by atoms with Gasteiger partial charge in [-0.05, 0) is 10.8 Å². The minimum Gasteiger partial charge on any atom is -0.377 e. The van der Waals surface area contributed by atoms with Crippen molar-refractivity contribution in [3.8, 4) is 0 Å². The van der Waals surface area contributed by atoms with Gasteiger partial charge in [0.25, 0.3) is 0 Å². The summed E-state index contributed by atoms with van der Waals surface area (Å²) in [7, 11) is 0. The van der Waals surface area contributed by atoms with E-state index in [-0.39, 0.29) is 5.41 Å². The molecule has 0 saturated carbocycles. The third-order valence-corrected chi connectivity index (χ3v) is 1.38. The lowest BCUT2D eigenvalue weighted by Crippen LogP contribution is -2.14. The van der Waals surface area contributed by atoms with Gasteiger partial charge < -0.3 is 4.74 Å². The molecule has 0 unspecified atom stereocenters. The van der Waals surface area contributed by atoms with Gasteiger partial charge in [0.05, 0.1) is 13.2 Å². The fourth-order valence-electron chi connectivity index (χ4n) is 0.448. The van der Waals surface area contributed by atoms with Crippen molar-refractivity contribution < 1.29 is 4.74 Å². The van der Waals surface area contributed by atoms with Gasteiger partial charge in [0, 0.05) is 0 Å². The van der Waals surface area contributed by atoms with E-state index in [0.717, 1.165) is 6.61 Å². The van der Waals surface area contributed by atoms with Crippen LogP contribution in [0.1, 0.15) is 41.5 Å². The zero-order valence-corrected chi connectivity index (χ0v) is 11.4. The van der Waals surface area contributed by atoms with Crippen LogP contribution in [0.25, 0.3) is 0 Å². The molecule has 0 spiro atoms. The third-order valence-electron chi connectivity index (χ3n) is 1.38. The van der Waals surface area contributed by atoms with Crippen LogP contribution in [-0.2, 0) is 4.74 Å². The van der Waals surface area contributed by atoms with Gasteiger partial charge >= 0.3 is 0 Å². The lowest BCUT2D eigenvalue weighted by molar-refractivity contribution is 0.0911. The standard InChI is InChI=1S/C8H16O.C6H12/c1-5-6-9-7-8(2,3)4;1-5-6(2,3)4/h5H,1,6-7H2,2-4H3;5H,1H2,2-4H3. The maximum Gasteiger partial charge on any atom is 0.0645 e. The maximum atomic E-state index is 5.23. The van der Waals surface area contributed by atoms with Crippen LogP contribution >= 0.6 is 0 Å². The molecule has 0 aliphatic carbocycles. The zero-order valence-electron chi connectivity index (χ0n) is 11.4. The molecule has 0 amide bonds. The molecule has 0 aromatic rings. The molecule has 0 heterocycles. The van der Waals surface area contributed by atoms with E-state index in [1.54, 1.807) is 6.08 Å². The number of allylic oxidation sites excluding steroid dienone is 1. The summed E-state index contributed by atoms with van der Waals surface area (Å²) < 4.78 is 5.23. The summed E-state index contributed by atoms with van der Waals surface area (Å²) >= 11 is 0. The molecule has 90 valence electrons. The minimum atomic E-state index is 0.281. The molecule has 0 aliphatic heterocycles. The van der Waals surface area contributed by atoms with Crippen molar-refractivity contribution in [2.75, 3.05) is 13.2 Å². The highest BCUT2D eigenvalue weighted by Gasteiger charge is 2.08. The van der Waals surface area contributed by atoms with Crippen molar-refractivity contribution in [1.29, 1.82) is 0 Å². The van der Waals surface area contributed by atoms with Crippen molar-refractivity contribution in [3.63, 3.8) is 0 Å². The second kappa shape index (κ2) is 7.70. The third kappa shape index (κ3) is 24.7. The summed E-state index contributed by atoms with van der Waals surface area (Å²) in [6.07, 6.45) is 3.71. The molecule has 0 aliphatic rings. The number of ether oxygens (including phenoxy) is 1. The first kappa shape index (κ1) is 16.9. The highest BCUT2D eigenvalue weighted by atomic mass is 16.5. The highest BCUT2D eigenvalue weighted by molar-refractivity contribution is 4.82. The summed E-state index contributed by atoms with van der Waals surface area (Å²) in [4.78, 5) is 0. The van der Waals surface area contributed by atoms with Crippen LogP contribution in [0, 0.1) is 10.8 Å². The van der Waals surface area contributed by atoms with E-state index >= 15 is 0 Å². The van der Waals surface area contributed by atoms with Gasteiger partial charge in [-0.15, -0.1) is 13.2 Å². The quantitative estimate of drug-likeness (QED) is 0.496. The molecule has 0 aromatic carbocycles. The Kier molecular flexibility index (Phi) is 8.65. The van der Waals surface area contributed by atoms with E-state index < -0.39 is 0 Å². The largest absolute Gasteiger partial charge is 0.377 e. The molecule has 0 fully saturated rings. The summed E-state index contributed by atoms with van der Waals surface area (Å²) in [6.45, 7) is 21.5. The van der Waals surface area contributed by atoms with Crippen LogP contribution in [-0.4, -0.2) is 13.2 Å². The summed E-state index contributed by atoms with van der Waals surface area (Å²) in [5.41, 5.74) is 0.586. The Morgan fingerprint density at radius 2 is 1.40 bits per heavy atom. The van der Waals surface area contributed by atoms with Gasteiger partial charge in [0.2, 0.25) is 0 Å². The molecule has 0 N–H and O–H groups in total. The molecular formula is C14H28O. The summed E-state index contributed by atoms with van der Waals surface area (Å²) in [6, 6.07) is 0. The predicted molar refractivity (Wildman–Crippen MR) is 70.1 cm³/mol. The lowest BCUT2D eigenvalue weighted by atomic mass is 9.98. The second-order valence-electron chi connectivity index (χ2n) is 5.93. The van der Waals surface area contributed by atoms with E-state index in [4.69, 9.17) is 4.74 Å². The van der Waals surface area contributed by atoms with E-state index in [1.807, 2.05) is 6.08 Å². The van der Waals surface area contributed by atoms with E-state index in [9.17, 15) is 0 Å². The Bertz CT molecular complexity index is 167. The Balaban J connectivity index is 0. The first-order chi connectivity index (χ1) is 6.62. The van der Waals surface area contributed by atoms with Gasteiger partial charge in [0.15, 0.2) is 0 Å². The molecule has 1 nitrogen and oxygen atoms in total. The van der Waals surface area contributed by atoms with Gasteiger partial charge in [-0.25, -0.2) is 0 Å². The van der Waals surface area contributed by atoms with E-state index in [2.05, 4.69) is 54.7 Å². The Labute approximate surface area is 96.2 Å². The molecule has 0 saturated heterocycles. The Hall–Kier alpha value is -0.560. The van der Waals surface area contributed by atoms with Gasteiger partial charge in [-0.1, -0.05) is 53.7 Å². The molecule has 0 radical (unpaired) electrons. The van der Waals surface area contributed by atoms with Crippen LogP contribution in [0.3, 0.4) is 0 Å². The fourth-order valence-corrected chi connectivity index (χ4v) is 0.448. The minimum absolute atomic E-state index is 0.281. The number of hydrogen-bond donors (Lipinski definition) is 0. The van der Waals surface area contributed by atoms with Crippen LogP contribution in [0.4, 0.5) is 0 Å². The molecule has 1 heteroatoms. The Morgan fingerprint density at radius 3 is 1.60 bits per heavy atom. The van der Waals surface area contributed by atoms with Crippen LogP contribution in [0.15, 0.2) is 25.3 Å².